The molecule has 1 heterocycles. The maximum atomic E-state index is 12.0. The van der Waals surface area contributed by atoms with Crippen molar-refractivity contribution >= 4 is 0 Å². The molecule has 0 bridgehead atoms. The van der Waals surface area contributed by atoms with Crippen LogP contribution in [0.2, 0.25) is 0 Å². The van der Waals surface area contributed by atoms with Crippen LogP contribution in [0.25, 0.3) is 0 Å². The summed E-state index contributed by atoms with van der Waals surface area (Å²) in [5.74, 6) is 0. The molecule has 1 aliphatic rings. The number of hydrogen-bond acceptors (Lipinski definition) is 3. The van der Waals surface area contributed by atoms with Crippen LogP contribution in [-0.2, 0) is 19.4 Å². The minimum atomic E-state index is 0.149. The lowest BCUT2D eigenvalue weighted by atomic mass is 10.2. The van der Waals surface area contributed by atoms with Crippen molar-refractivity contribution in [3.63, 3.8) is 0 Å². The predicted molar refractivity (Wildman–Crippen MR) is 83.4 cm³/mol. The number of fused-ring (bicyclic) bond motifs is 1. The number of nitrogens with one attached hydrogen (secondary N) is 1. The molecule has 1 aromatic rings. The van der Waals surface area contributed by atoms with E-state index in [4.69, 9.17) is 0 Å². The first-order chi connectivity index (χ1) is 9.76. The monoisotopic (exact) mass is 277 g/mol. The lowest BCUT2D eigenvalue weighted by Gasteiger charge is -2.18. The third-order valence-electron chi connectivity index (χ3n) is 4.26. The molecule has 0 aliphatic heterocycles. The summed E-state index contributed by atoms with van der Waals surface area (Å²) in [6, 6.07) is 3.73. The Morgan fingerprint density at radius 2 is 2.00 bits per heavy atom. The van der Waals surface area contributed by atoms with E-state index in [0.717, 1.165) is 52.1 Å². The van der Waals surface area contributed by atoms with Gasteiger partial charge in [0.25, 0.3) is 5.56 Å². The molecule has 0 saturated heterocycles. The van der Waals surface area contributed by atoms with Crippen LogP contribution < -0.4 is 10.9 Å². The van der Waals surface area contributed by atoms with Gasteiger partial charge in [0, 0.05) is 37.9 Å². The lowest BCUT2D eigenvalue weighted by molar-refractivity contribution is 0.301. The van der Waals surface area contributed by atoms with Crippen LogP contribution in [-0.4, -0.2) is 42.2 Å². The summed E-state index contributed by atoms with van der Waals surface area (Å²) in [5.41, 5.74) is 2.78. The highest BCUT2D eigenvalue weighted by atomic mass is 16.1. The molecule has 0 spiro atoms. The molecule has 0 radical (unpaired) electrons. The van der Waals surface area contributed by atoms with Crippen LogP contribution in [0.15, 0.2) is 16.9 Å². The Labute approximate surface area is 121 Å². The summed E-state index contributed by atoms with van der Waals surface area (Å²) in [6.45, 7) is 10.3. The van der Waals surface area contributed by atoms with E-state index in [-0.39, 0.29) is 5.56 Å². The average molecular weight is 277 g/mol. The average Bonchev–Trinajstić information content (AvgIpc) is 2.93. The van der Waals surface area contributed by atoms with Crippen LogP contribution in [0.5, 0.6) is 0 Å². The Morgan fingerprint density at radius 3 is 2.75 bits per heavy atom. The first-order valence-electron chi connectivity index (χ1n) is 7.91. The Hall–Kier alpha value is -1.13. The smallest absolute Gasteiger partial charge is 0.250 e. The summed E-state index contributed by atoms with van der Waals surface area (Å²) in [5, 5.41) is 3.45. The van der Waals surface area contributed by atoms with Gasteiger partial charge >= 0.3 is 0 Å². The molecule has 0 atom stereocenters. The van der Waals surface area contributed by atoms with E-state index < -0.39 is 0 Å². The van der Waals surface area contributed by atoms with Crippen LogP contribution >= 0.6 is 0 Å². The van der Waals surface area contributed by atoms with Crippen molar-refractivity contribution < 1.29 is 0 Å². The van der Waals surface area contributed by atoms with Gasteiger partial charge in [-0.1, -0.05) is 19.9 Å². The number of aromatic nitrogens is 1. The number of nitrogens with zero attached hydrogens (tertiary/aromatic N) is 2. The molecule has 1 N–H and O–H groups in total. The quantitative estimate of drug-likeness (QED) is 0.727. The zero-order chi connectivity index (χ0) is 14.4. The fraction of sp³-hybridized carbons (Fsp3) is 0.688. The van der Waals surface area contributed by atoms with E-state index in [0.29, 0.717) is 0 Å². The minimum Gasteiger partial charge on any atom is -0.314 e. The summed E-state index contributed by atoms with van der Waals surface area (Å²) < 4.78 is 1.97. The van der Waals surface area contributed by atoms with Gasteiger partial charge in [-0.05, 0) is 37.9 Å². The zero-order valence-corrected chi connectivity index (χ0v) is 12.8. The highest BCUT2D eigenvalue weighted by molar-refractivity contribution is 5.25. The fourth-order valence-corrected chi connectivity index (χ4v) is 2.97. The van der Waals surface area contributed by atoms with Crippen molar-refractivity contribution in [1.82, 2.24) is 14.8 Å². The van der Waals surface area contributed by atoms with Crippen molar-refractivity contribution in [1.29, 1.82) is 0 Å². The normalized spacial score (nSPS) is 13.9. The Morgan fingerprint density at radius 1 is 1.20 bits per heavy atom. The molecule has 0 amide bonds. The second-order valence-corrected chi connectivity index (χ2v) is 5.43. The third kappa shape index (κ3) is 3.70. The van der Waals surface area contributed by atoms with Crippen LogP contribution in [0.3, 0.4) is 0 Å². The second-order valence-electron chi connectivity index (χ2n) is 5.43. The summed E-state index contributed by atoms with van der Waals surface area (Å²) in [7, 11) is 0. The molecule has 1 aromatic heterocycles. The van der Waals surface area contributed by atoms with Gasteiger partial charge in [-0.25, -0.2) is 0 Å². The molecular weight excluding hydrogens is 250 g/mol. The maximum absolute atomic E-state index is 12.0. The van der Waals surface area contributed by atoms with Gasteiger partial charge in [-0.15, -0.1) is 0 Å². The Kier molecular flexibility index (Phi) is 5.80. The van der Waals surface area contributed by atoms with E-state index in [1.807, 2.05) is 10.6 Å². The summed E-state index contributed by atoms with van der Waals surface area (Å²) in [6.07, 6.45) is 3.38. The van der Waals surface area contributed by atoms with Crippen molar-refractivity contribution in [3.05, 3.63) is 33.7 Å². The molecule has 1 aliphatic carbocycles. The van der Waals surface area contributed by atoms with Crippen molar-refractivity contribution in [2.24, 2.45) is 0 Å². The van der Waals surface area contributed by atoms with E-state index in [1.165, 1.54) is 17.7 Å². The minimum absolute atomic E-state index is 0.149. The number of aryl methyl sites for hydroxylation is 1. The van der Waals surface area contributed by atoms with Gasteiger partial charge in [-0.3, -0.25) is 4.79 Å². The number of rotatable bonds is 8. The third-order valence-corrected chi connectivity index (χ3v) is 4.26. The molecular formula is C16H27N3O. The number of hydrogen-bond donors (Lipinski definition) is 1. The first-order valence-corrected chi connectivity index (χ1v) is 7.91. The van der Waals surface area contributed by atoms with E-state index >= 15 is 0 Å². The van der Waals surface area contributed by atoms with Crippen molar-refractivity contribution in [3.8, 4) is 0 Å². The van der Waals surface area contributed by atoms with Gasteiger partial charge in [0.15, 0.2) is 0 Å². The maximum Gasteiger partial charge on any atom is 0.250 e. The van der Waals surface area contributed by atoms with Crippen LogP contribution in [0, 0.1) is 0 Å². The van der Waals surface area contributed by atoms with Gasteiger partial charge < -0.3 is 14.8 Å². The van der Waals surface area contributed by atoms with Gasteiger partial charge in [0.05, 0.1) is 0 Å². The van der Waals surface area contributed by atoms with E-state index in [9.17, 15) is 4.79 Å². The second kappa shape index (κ2) is 7.60. The van der Waals surface area contributed by atoms with Crippen molar-refractivity contribution in [2.45, 2.75) is 39.7 Å². The van der Waals surface area contributed by atoms with Gasteiger partial charge in [0.2, 0.25) is 0 Å². The molecule has 2 rings (SSSR count). The fourth-order valence-electron chi connectivity index (χ4n) is 2.97. The highest BCUT2D eigenvalue weighted by Gasteiger charge is 2.15. The zero-order valence-electron chi connectivity index (χ0n) is 12.8. The number of likely N-dealkylation sites (N-methyl/N-ethyl adjacent to an activating group) is 1. The lowest BCUT2D eigenvalue weighted by Crippen LogP contribution is -2.34. The highest BCUT2D eigenvalue weighted by Crippen LogP contribution is 2.19. The van der Waals surface area contributed by atoms with E-state index in [1.54, 1.807) is 6.07 Å². The first kappa shape index (κ1) is 15.3. The standard InChI is InChI=1S/C16H27N3O/c1-3-18(4-2)12-10-17-11-13-19-15-7-5-6-14(15)8-9-16(19)20/h8-9,17H,3-7,10-13H2,1-2H3. The molecule has 0 unspecified atom stereocenters. The van der Waals surface area contributed by atoms with Gasteiger partial charge in [-0.2, -0.15) is 0 Å². The van der Waals surface area contributed by atoms with Crippen LogP contribution in [0.1, 0.15) is 31.5 Å². The Balaban J connectivity index is 1.80. The topological polar surface area (TPSA) is 37.3 Å². The Bertz CT molecular complexity index is 477. The molecule has 4 heteroatoms. The molecule has 20 heavy (non-hydrogen) atoms. The molecule has 0 aromatic carbocycles. The van der Waals surface area contributed by atoms with Crippen LogP contribution in [0.4, 0.5) is 0 Å². The summed E-state index contributed by atoms with van der Waals surface area (Å²) in [4.78, 5) is 14.4. The van der Waals surface area contributed by atoms with Crippen molar-refractivity contribution in [2.75, 3.05) is 32.7 Å². The van der Waals surface area contributed by atoms with Gasteiger partial charge in [0.1, 0.15) is 0 Å². The summed E-state index contributed by atoms with van der Waals surface area (Å²) >= 11 is 0. The SMILES string of the molecule is CCN(CC)CCNCCn1c2c(ccc1=O)CCC2. The molecule has 0 fully saturated rings. The molecule has 4 nitrogen and oxygen atoms in total. The van der Waals surface area contributed by atoms with E-state index in [2.05, 4.69) is 24.1 Å². The molecule has 0 saturated carbocycles. The predicted octanol–water partition coefficient (Wildman–Crippen LogP) is 1.27. The largest absolute Gasteiger partial charge is 0.314 e. The molecule has 112 valence electrons. The number of pyridine rings is 1.